The van der Waals surface area contributed by atoms with Gasteiger partial charge in [0.1, 0.15) is 5.69 Å². The van der Waals surface area contributed by atoms with Gasteiger partial charge in [-0.2, -0.15) is 0 Å². The highest BCUT2D eigenvalue weighted by molar-refractivity contribution is 7.20. The van der Waals surface area contributed by atoms with E-state index in [0.717, 1.165) is 21.0 Å². The third kappa shape index (κ3) is 3.43. The Kier molecular flexibility index (Phi) is 4.26. The summed E-state index contributed by atoms with van der Waals surface area (Å²) in [5.74, 6) is -0.197. The molecule has 1 N–H and O–H groups in total. The quantitative estimate of drug-likeness (QED) is 0.570. The van der Waals surface area contributed by atoms with Crippen molar-refractivity contribution >= 4 is 33.8 Å². The molecule has 25 heavy (non-hydrogen) atoms. The molecule has 0 aliphatic rings. The highest BCUT2D eigenvalue weighted by Gasteiger charge is 2.13. The molecule has 2 heterocycles. The first-order valence-electron chi connectivity index (χ1n) is 7.76. The highest BCUT2D eigenvalue weighted by atomic mass is 35.5. The zero-order chi connectivity index (χ0) is 17.2. The Bertz CT molecular complexity index is 1010. The van der Waals surface area contributed by atoms with Gasteiger partial charge in [0.2, 0.25) is 0 Å². The molecule has 1 amide bonds. The van der Waals surface area contributed by atoms with Crippen molar-refractivity contribution in [1.29, 1.82) is 0 Å². The molecule has 2 aromatic carbocycles. The van der Waals surface area contributed by atoms with Crippen LogP contribution in [0.25, 0.3) is 15.4 Å². The summed E-state index contributed by atoms with van der Waals surface area (Å²) in [5, 5.41) is 3.53. The number of aromatic nitrogens is 2. The summed E-state index contributed by atoms with van der Waals surface area (Å²) in [6, 6.07) is 17.5. The molecule has 0 spiro atoms. The monoisotopic (exact) mass is 367 g/mol. The lowest BCUT2D eigenvalue weighted by molar-refractivity contribution is 0.0946. The molecular weight excluding hydrogens is 354 g/mol. The van der Waals surface area contributed by atoms with Crippen molar-refractivity contribution in [3.63, 3.8) is 0 Å². The van der Waals surface area contributed by atoms with Gasteiger partial charge in [0.15, 0.2) is 4.96 Å². The van der Waals surface area contributed by atoms with Crippen LogP contribution in [0, 0.1) is 0 Å². The van der Waals surface area contributed by atoms with E-state index in [2.05, 4.69) is 22.4 Å². The average molecular weight is 368 g/mol. The molecule has 4 aromatic rings. The Morgan fingerprint density at radius 3 is 2.72 bits per heavy atom. The van der Waals surface area contributed by atoms with Crippen molar-refractivity contribution in [1.82, 2.24) is 14.7 Å². The summed E-state index contributed by atoms with van der Waals surface area (Å²) in [4.78, 5) is 18.7. The maximum Gasteiger partial charge on any atom is 0.271 e. The number of amides is 1. The first-order valence-corrected chi connectivity index (χ1v) is 8.95. The lowest BCUT2D eigenvalue weighted by Gasteiger charge is -2.03. The van der Waals surface area contributed by atoms with E-state index in [0.29, 0.717) is 17.3 Å². The number of hydrogen-bond acceptors (Lipinski definition) is 3. The molecule has 0 bridgehead atoms. The number of halogens is 1. The van der Waals surface area contributed by atoms with E-state index in [4.69, 9.17) is 11.6 Å². The number of thiazole rings is 1. The minimum absolute atomic E-state index is 0.197. The van der Waals surface area contributed by atoms with E-state index >= 15 is 0 Å². The van der Waals surface area contributed by atoms with Gasteiger partial charge in [-0.05, 0) is 23.3 Å². The van der Waals surface area contributed by atoms with Gasteiger partial charge >= 0.3 is 0 Å². The second-order valence-electron chi connectivity index (χ2n) is 5.59. The van der Waals surface area contributed by atoms with Gasteiger partial charge in [-0.3, -0.25) is 9.20 Å². The molecule has 0 radical (unpaired) electrons. The van der Waals surface area contributed by atoms with Crippen LogP contribution in [0.4, 0.5) is 0 Å². The number of fused-ring (bicyclic) bond motifs is 1. The van der Waals surface area contributed by atoms with Crippen LogP contribution in [-0.2, 0) is 6.54 Å². The maximum atomic E-state index is 12.3. The van der Waals surface area contributed by atoms with E-state index in [1.165, 1.54) is 0 Å². The largest absolute Gasteiger partial charge is 0.347 e. The Morgan fingerprint density at radius 1 is 1.12 bits per heavy atom. The van der Waals surface area contributed by atoms with Gasteiger partial charge in [-0.1, -0.05) is 65.4 Å². The van der Waals surface area contributed by atoms with Gasteiger partial charge in [-0.15, -0.1) is 0 Å². The molecule has 0 fully saturated rings. The second kappa shape index (κ2) is 6.70. The zero-order valence-corrected chi connectivity index (χ0v) is 14.7. The fourth-order valence-electron chi connectivity index (χ4n) is 2.56. The number of rotatable bonds is 4. The van der Waals surface area contributed by atoms with Crippen molar-refractivity contribution in [2.45, 2.75) is 6.54 Å². The van der Waals surface area contributed by atoms with Crippen LogP contribution in [0.3, 0.4) is 0 Å². The van der Waals surface area contributed by atoms with Crippen molar-refractivity contribution in [3.05, 3.63) is 83.3 Å². The fourth-order valence-corrected chi connectivity index (χ4v) is 3.75. The topological polar surface area (TPSA) is 46.4 Å². The fraction of sp³-hybridized carbons (Fsp3) is 0.0526. The summed E-state index contributed by atoms with van der Waals surface area (Å²) in [6.45, 7) is 0.417. The summed E-state index contributed by atoms with van der Waals surface area (Å²) < 4.78 is 1.89. The minimum atomic E-state index is -0.197. The normalized spacial score (nSPS) is 10.9. The van der Waals surface area contributed by atoms with E-state index in [9.17, 15) is 4.79 Å². The van der Waals surface area contributed by atoms with Gasteiger partial charge in [0.05, 0.1) is 4.88 Å². The van der Waals surface area contributed by atoms with Crippen molar-refractivity contribution in [2.24, 2.45) is 0 Å². The zero-order valence-electron chi connectivity index (χ0n) is 13.1. The molecule has 0 unspecified atom stereocenters. The second-order valence-corrected chi connectivity index (χ2v) is 7.04. The molecule has 0 saturated heterocycles. The van der Waals surface area contributed by atoms with E-state index in [1.54, 1.807) is 23.6 Å². The molecule has 124 valence electrons. The molecule has 0 atom stereocenters. The molecule has 6 heteroatoms. The van der Waals surface area contributed by atoms with Gasteiger partial charge in [0, 0.05) is 24.0 Å². The number of carbonyl (C=O) groups is 1. The maximum absolute atomic E-state index is 12.3. The average Bonchev–Trinajstić information content (AvgIpc) is 3.20. The van der Waals surface area contributed by atoms with Gasteiger partial charge in [0.25, 0.3) is 5.91 Å². The number of hydrogen-bond donors (Lipinski definition) is 1. The Morgan fingerprint density at radius 2 is 1.96 bits per heavy atom. The smallest absolute Gasteiger partial charge is 0.271 e. The number of benzene rings is 2. The predicted molar refractivity (Wildman–Crippen MR) is 101 cm³/mol. The Labute approximate surface area is 153 Å². The van der Waals surface area contributed by atoms with Crippen molar-refractivity contribution in [2.75, 3.05) is 0 Å². The lowest BCUT2D eigenvalue weighted by Crippen LogP contribution is -2.23. The molecule has 0 saturated carbocycles. The first kappa shape index (κ1) is 15.9. The summed E-state index contributed by atoms with van der Waals surface area (Å²) >= 11 is 7.51. The Hall–Kier alpha value is -2.63. The molecular formula is C19H14ClN3OS. The van der Waals surface area contributed by atoms with E-state index in [1.807, 2.05) is 47.0 Å². The van der Waals surface area contributed by atoms with Crippen LogP contribution in [0.1, 0.15) is 16.1 Å². The Balaban J connectivity index is 1.50. The van der Waals surface area contributed by atoms with Crippen molar-refractivity contribution < 1.29 is 4.79 Å². The van der Waals surface area contributed by atoms with Crippen LogP contribution in [0.15, 0.2) is 67.0 Å². The summed E-state index contributed by atoms with van der Waals surface area (Å²) in [7, 11) is 0. The molecule has 4 rings (SSSR count). The first-order chi connectivity index (χ1) is 12.2. The molecule has 2 aromatic heterocycles. The van der Waals surface area contributed by atoms with Crippen LogP contribution >= 0.6 is 22.9 Å². The number of nitrogens with zero attached hydrogens (tertiary/aromatic N) is 2. The van der Waals surface area contributed by atoms with Crippen molar-refractivity contribution in [3.8, 4) is 10.4 Å². The van der Waals surface area contributed by atoms with E-state index in [-0.39, 0.29) is 5.91 Å². The highest BCUT2D eigenvalue weighted by Crippen LogP contribution is 2.28. The standard InChI is InChI=1S/C19H14ClN3OS/c20-15-8-4-5-13(9-15)10-21-18(24)16-11-23-12-17(25-19(23)22-16)14-6-2-1-3-7-14/h1-9,11-12H,10H2,(H,21,24). The third-order valence-corrected chi connectivity index (χ3v) is 5.07. The van der Waals surface area contributed by atoms with Crippen LogP contribution in [-0.4, -0.2) is 15.3 Å². The van der Waals surface area contributed by atoms with Crippen LogP contribution in [0.5, 0.6) is 0 Å². The number of imidazole rings is 1. The minimum Gasteiger partial charge on any atom is -0.347 e. The number of nitrogens with one attached hydrogen (secondary N) is 1. The third-order valence-electron chi connectivity index (χ3n) is 3.79. The molecule has 0 aliphatic heterocycles. The SMILES string of the molecule is O=C(NCc1cccc(Cl)c1)c1cn2cc(-c3ccccc3)sc2n1. The molecule has 4 nitrogen and oxygen atoms in total. The van der Waals surface area contributed by atoms with Gasteiger partial charge in [-0.25, -0.2) is 4.98 Å². The lowest BCUT2D eigenvalue weighted by atomic mass is 10.2. The predicted octanol–water partition coefficient (Wildman–Crippen LogP) is 4.65. The van der Waals surface area contributed by atoms with Crippen LogP contribution < -0.4 is 5.32 Å². The van der Waals surface area contributed by atoms with Gasteiger partial charge < -0.3 is 5.32 Å². The summed E-state index contributed by atoms with van der Waals surface area (Å²) in [6.07, 6.45) is 3.75. The summed E-state index contributed by atoms with van der Waals surface area (Å²) in [5.41, 5.74) is 2.51. The molecule has 0 aliphatic carbocycles. The number of carbonyl (C=O) groups excluding carboxylic acids is 1. The van der Waals surface area contributed by atoms with E-state index < -0.39 is 0 Å². The van der Waals surface area contributed by atoms with Crippen LogP contribution in [0.2, 0.25) is 5.02 Å².